The highest BCUT2D eigenvalue weighted by Crippen LogP contribution is 2.45. The van der Waals surface area contributed by atoms with E-state index in [1.54, 1.807) is 33.8 Å². The predicted octanol–water partition coefficient (Wildman–Crippen LogP) is 3.10. The average Bonchev–Trinajstić information content (AvgIpc) is 3.67. The van der Waals surface area contributed by atoms with Crippen molar-refractivity contribution in [2.24, 2.45) is 16.7 Å². The number of likely N-dealkylation sites (N-methyl/N-ethyl adjacent to an activating group) is 1. The minimum atomic E-state index is -0.951. The van der Waals surface area contributed by atoms with Gasteiger partial charge < -0.3 is 25.2 Å². The standard InChI is InChI=1S/C36H46N6O5/c1-25(47-21-27-14-10-7-11-15-27)31(33(45)37-5)39-32(44)29-20-40(22-36(29)23-41(24-36)30(43)16-35(2,3)4)34(46)28-17-38-42(19-28)18-26-12-8-6-9-13-26/h6-15,17,19,25,29,31H,16,18,20-24H2,1-5H3,(H,37,45)(H,39,44)/t25-,29+,31+/m1/s1. The van der Waals surface area contributed by atoms with Gasteiger partial charge in [0.25, 0.3) is 5.91 Å². The zero-order valence-electron chi connectivity index (χ0n) is 27.9. The summed E-state index contributed by atoms with van der Waals surface area (Å²) >= 11 is 0. The van der Waals surface area contributed by atoms with E-state index < -0.39 is 23.5 Å². The zero-order chi connectivity index (χ0) is 33.8. The first kappa shape index (κ1) is 33.8. The number of hydrogen-bond donors (Lipinski definition) is 2. The summed E-state index contributed by atoms with van der Waals surface area (Å²) in [5.74, 6) is -1.54. The van der Waals surface area contributed by atoms with Crippen molar-refractivity contribution in [1.29, 1.82) is 0 Å². The Hall–Kier alpha value is -4.51. The number of benzene rings is 2. The predicted molar refractivity (Wildman–Crippen MR) is 177 cm³/mol. The van der Waals surface area contributed by atoms with Gasteiger partial charge in [-0.3, -0.25) is 23.9 Å². The van der Waals surface area contributed by atoms with Crippen molar-refractivity contribution in [3.8, 4) is 0 Å². The Morgan fingerprint density at radius 2 is 1.57 bits per heavy atom. The Balaban J connectivity index is 1.32. The maximum absolute atomic E-state index is 14.1. The highest BCUT2D eigenvalue weighted by atomic mass is 16.5. The molecule has 3 heterocycles. The van der Waals surface area contributed by atoms with E-state index in [-0.39, 0.29) is 42.2 Å². The molecule has 250 valence electrons. The van der Waals surface area contributed by atoms with Crippen LogP contribution in [0.15, 0.2) is 73.1 Å². The summed E-state index contributed by atoms with van der Waals surface area (Å²) in [7, 11) is 1.52. The number of rotatable bonds is 11. The molecule has 5 rings (SSSR count). The molecule has 2 aliphatic rings. The van der Waals surface area contributed by atoms with Crippen LogP contribution in [0.3, 0.4) is 0 Å². The number of nitrogens with zero attached hydrogens (tertiary/aromatic N) is 4. The van der Waals surface area contributed by atoms with Crippen LogP contribution >= 0.6 is 0 Å². The molecule has 0 saturated carbocycles. The van der Waals surface area contributed by atoms with Crippen molar-refractivity contribution in [2.75, 3.05) is 33.2 Å². The number of carbonyl (C=O) groups excluding carboxylic acids is 4. The first-order valence-electron chi connectivity index (χ1n) is 16.2. The van der Waals surface area contributed by atoms with Gasteiger partial charge >= 0.3 is 0 Å². The molecule has 0 radical (unpaired) electrons. The van der Waals surface area contributed by atoms with Gasteiger partial charge in [-0.1, -0.05) is 81.4 Å². The summed E-state index contributed by atoms with van der Waals surface area (Å²) in [6.07, 6.45) is 3.04. The van der Waals surface area contributed by atoms with Crippen LogP contribution in [-0.4, -0.2) is 88.6 Å². The van der Waals surface area contributed by atoms with Crippen LogP contribution in [0, 0.1) is 16.7 Å². The van der Waals surface area contributed by atoms with E-state index in [2.05, 4.69) is 15.7 Å². The minimum absolute atomic E-state index is 0.0282. The molecule has 0 aliphatic carbocycles. The molecule has 2 fully saturated rings. The number of hydrogen-bond acceptors (Lipinski definition) is 6. The first-order chi connectivity index (χ1) is 22.4. The molecule has 4 amide bonds. The average molecular weight is 643 g/mol. The van der Waals surface area contributed by atoms with Gasteiger partial charge in [0.15, 0.2) is 0 Å². The van der Waals surface area contributed by atoms with Gasteiger partial charge in [0.1, 0.15) is 6.04 Å². The normalized spacial score (nSPS) is 18.4. The van der Waals surface area contributed by atoms with E-state index in [1.165, 1.54) is 7.05 Å². The van der Waals surface area contributed by atoms with Crippen molar-refractivity contribution in [1.82, 2.24) is 30.2 Å². The molecule has 3 atom stereocenters. The second-order valence-corrected chi connectivity index (χ2v) is 14.1. The number of nitrogens with one attached hydrogen (secondary N) is 2. The van der Waals surface area contributed by atoms with E-state index in [1.807, 2.05) is 81.4 Å². The molecule has 2 aliphatic heterocycles. The zero-order valence-corrected chi connectivity index (χ0v) is 27.9. The molecule has 1 aromatic heterocycles. The minimum Gasteiger partial charge on any atom is -0.371 e. The number of carbonyl (C=O) groups is 4. The monoisotopic (exact) mass is 642 g/mol. The third-order valence-corrected chi connectivity index (χ3v) is 9.02. The molecule has 47 heavy (non-hydrogen) atoms. The SMILES string of the molecule is CNC(=O)[C@@H](NC(=O)[C@@H]1CN(C(=O)c2cnn(Cc3ccccc3)c2)CC12CN(C(=O)CC(C)(C)C)C2)[C@@H](C)OCc1ccccc1. The molecule has 1 spiro atoms. The number of likely N-dealkylation sites (tertiary alicyclic amines) is 2. The second-order valence-electron chi connectivity index (χ2n) is 14.1. The van der Waals surface area contributed by atoms with E-state index >= 15 is 0 Å². The van der Waals surface area contributed by atoms with Gasteiger partial charge in [-0.2, -0.15) is 5.10 Å². The second kappa shape index (κ2) is 14.1. The molecule has 0 unspecified atom stereocenters. The van der Waals surface area contributed by atoms with Gasteiger partial charge in [-0.25, -0.2) is 0 Å². The summed E-state index contributed by atoms with van der Waals surface area (Å²) in [6, 6.07) is 18.5. The van der Waals surface area contributed by atoms with Crippen LogP contribution in [0.1, 0.15) is 55.6 Å². The van der Waals surface area contributed by atoms with Gasteiger partial charge in [-0.05, 0) is 23.5 Å². The Morgan fingerprint density at radius 1 is 0.957 bits per heavy atom. The van der Waals surface area contributed by atoms with Crippen LogP contribution in [0.4, 0.5) is 0 Å². The molecule has 3 aromatic rings. The molecule has 11 nitrogen and oxygen atoms in total. The summed E-state index contributed by atoms with van der Waals surface area (Å²) in [4.78, 5) is 57.4. The van der Waals surface area contributed by atoms with Crippen LogP contribution in [0.25, 0.3) is 0 Å². The first-order valence-corrected chi connectivity index (χ1v) is 16.2. The van der Waals surface area contributed by atoms with Crippen LogP contribution in [-0.2, 0) is 32.3 Å². The van der Waals surface area contributed by atoms with Crippen LogP contribution in [0.5, 0.6) is 0 Å². The van der Waals surface area contributed by atoms with E-state index in [0.717, 1.165) is 11.1 Å². The third kappa shape index (κ3) is 8.08. The van der Waals surface area contributed by atoms with E-state index in [4.69, 9.17) is 4.74 Å². The fourth-order valence-electron chi connectivity index (χ4n) is 6.48. The molecular weight excluding hydrogens is 596 g/mol. The van der Waals surface area contributed by atoms with Crippen LogP contribution < -0.4 is 10.6 Å². The van der Waals surface area contributed by atoms with Crippen molar-refractivity contribution >= 4 is 23.6 Å². The Kier molecular flexibility index (Phi) is 10.1. The Bertz CT molecular complexity index is 1560. The van der Waals surface area contributed by atoms with E-state index in [0.29, 0.717) is 38.2 Å². The van der Waals surface area contributed by atoms with Crippen molar-refractivity contribution in [3.63, 3.8) is 0 Å². The van der Waals surface area contributed by atoms with Gasteiger partial charge in [0.2, 0.25) is 17.7 Å². The Labute approximate surface area is 276 Å². The lowest BCUT2D eigenvalue weighted by molar-refractivity contribution is -0.152. The molecular formula is C36H46N6O5. The maximum Gasteiger partial charge on any atom is 0.257 e. The quantitative estimate of drug-likeness (QED) is 0.331. The van der Waals surface area contributed by atoms with Gasteiger partial charge in [0, 0.05) is 51.3 Å². The fourth-order valence-corrected chi connectivity index (χ4v) is 6.48. The summed E-state index contributed by atoms with van der Waals surface area (Å²) in [5.41, 5.74) is 1.64. The summed E-state index contributed by atoms with van der Waals surface area (Å²) in [5, 5.41) is 9.99. The van der Waals surface area contributed by atoms with Crippen molar-refractivity contribution < 1.29 is 23.9 Å². The number of aromatic nitrogens is 2. The van der Waals surface area contributed by atoms with Crippen LogP contribution in [0.2, 0.25) is 0 Å². The van der Waals surface area contributed by atoms with E-state index in [9.17, 15) is 19.2 Å². The molecule has 0 bridgehead atoms. The van der Waals surface area contributed by atoms with Gasteiger partial charge in [0.05, 0.1) is 36.9 Å². The third-order valence-electron chi connectivity index (χ3n) is 9.02. The highest BCUT2D eigenvalue weighted by Gasteiger charge is 2.59. The topological polar surface area (TPSA) is 126 Å². The molecule has 11 heteroatoms. The fraction of sp³-hybridized carbons (Fsp3) is 0.472. The maximum atomic E-state index is 14.1. The van der Waals surface area contributed by atoms with Crippen molar-refractivity contribution in [3.05, 3.63) is 89.7 Å². The largest absolute Gasteiger partial charge is 0.371 e. The molecule has 2 saturated heterocycles. The van der Waals surface area contributed by atoms with Crippen molar-refractivity contribution in [2.45, 2.75) is 59.4 Å². The molecule has 2 N–H and O–H groups in total. The summed E-state index contributed by atoms with van der Waals surface area (Å²) < 4.78 is 7.75. The summed E-state index contributed by atoms with van der Waals surface area (Å²) in [6.45, 7) is 9.83. The number of amides is 4. The lowest BCUT2D eigenvalue weighted by atomic mass is 9.70. The lowest BCUT2D eigenvalue weighted by Crippen LogP contribution is -2.65. The smallest absolute Gasteiger partial charge is 0.257 e. The molecule has 2 aromatic carbocycles. The lowest BCUT2D eigenvalue weighted by Gasteiger charge is -2.51. The van der Waals surface area contributed by atoms with Gasteiger partial charge in [-0.15, -0.1) is 0 Å². The number of ether oxygens (including phenoxy) is 1. The Morgan fingerprint density at radius 3 is 2.19 bits per heavy atom. The highest BCUT2D eigenvalue weighted by molar-refractivity contribution is 5.95.